The maximum absolute atomic E-state index is 14.0. The van der Waals surface area contributed by atoms with Gasteiger partial charge in [0.05, 0.1) is 0 Å². The van der Waals surface area contributed by atoms with Crippen LogP contribution in [0.3, 0.4) is 0 Å². The number of esters is 1. The zero-order valence-corrected chi connectivity index (χ0v) is 19.9. The van der Waals surface area contributed by atoms with Crippen LogP contribution in [0.25, 0.3) is 0 Å². The van der Waals surface area contributed by atoms with Gasteiger partial charge in [0.15, 0.2) is 0 Å². The molecule has 0 fully saturated rings. The standard InChI is InChI=1S/C15H8F21NO4S/c1-4(2)5(38)41-14(33,34)13(31,32)37(3)42(39,40)15(35,36)11(26,27)9(22,23)7(18,19)6(16,17)8(20,21)10(24,25)12(28,29)30/h1H2,2-3H3. The zero-order valence-electron chi connectivity index (χ0n) is 19.1. The highest BCUT2D eigenvalue weighted by atomic mass is 32.2. The third-order valence-electron chi connectivity index (χ3n) is 4.69. The monoisotopic (exact) mass is 697 g/mol. The number of rotatable bonds is 12. The van der Waals surface area contributed by atoms with E-state index in [9.17, 15) is 105 Å². The fraction of sp³-hybridized carbons (Fsp3) is 0.800. The first-order valence-electron chi connectivity index (χ1n) is 9.08. The predicted octanol–water partition coefficient (Wildman–Crippen LogP) is 6.52. The van der Waals surface area contributed by atoms with E-state index in [0.717, 1.165) is 0 Å². The molecule has 42 heavy (non-hydrogen) atoms. The molecule has 0 aliphatic rings. The maximum atomic E-state index is 14.0. The minimum Gasteiger partial charge on any atom is -0.392 e. The van der Waals surface area contributed by atoms with Gasteiger partial charge in [-0.05, 0) is 6.92 Å². The second-order valence-electron chi connectivity index (χ2n) is 7.66. The van der Waals surface area contributed by atoms with Crippen molar-refractivity contribution in [2.24, 2.45) is 0 Å². The van der Waals surface area contributed by atoms with Crippen molar-refractivity contribution in [2.75, 3.05) is 7.05 Å². The largest absolute Gasteiger partial charge is 0.483 e. The summed E-state index contributed by atoms with van der Waals surface area (Å²) in [5.74, 6) is -56.8. The molecule has 0 aliphatic heterocycles. The molecule has 0 aromatic rings. The lowest BCUT2D eigenvalue weighted by Gasteiger charge is -2.43. The number of carbonyl (C=O) groups excluding carboxylic acids is 1. The van der Waals surface area contributed by atoms with E-state index in [0.29, 0.717) is 6.92 Å². The summed E-state index contributed by atoms with van der Waals surface area (Å²) in [7, 11) is -10.2. The number of alkyl halides is 21. The molecule has 5 nitrogen and oxygen atoms in total. The Hall–Kier alpha value is -2.35. The van der Waals surface area contributed by atoms with Crippen molar-refractivity contribution in [3.63, 3.8) is 0 Å². The van der Waals surface area contributed by atoms with Crippen LogP contribution in [0, 0.1) is 0 Å². The van der Waals surface area contributed by atoms with Crippen molar-refractivity contribution in [1.82, 2.24) is 4.31 Å². The van der Waals surface area contributed by atoms with Crippen molar-refractivity contribution in [3.8, 4) is 0 Å². The Morgan fingerprint density at radius 3 is 1.17 bits per heavy atom. The van der Waals surface area contributed by atoms with Crippen LogP contribution in [0.15, 0.2) is 12.2 Å². The second kappa shape index (κ2) is 10.1. The van der Waals surface area contributed by atoms with E-state index in [-0.39, 0.29) is 0 Å². The number of sulfonamides is 1. The van der Waals surface area contributed by atoms with Crippen molar-refractivity contribution >= 4 is 16.0 Å². The Balaban J connectivity index is 7.17. The van der Waals surface area contributed by atoms with Gasteiger partial charge in [-0.3, -0.25) is 0 Å². The molecule has 27 heteroatoms. The van der Waals surface area contributed by atoms with Gasteiger partial charge >= 0.3 is 65.1 Å². The van der Waals surface area contributed by atoms with Crippen LogP contribution in [0.1, 0.15) is 6.92 Å². The molecule has 0 saturated heterocycles. The Morgan fingerprint density at radius 1 is 0.595 bits per heavy atom. The lowest BCUT2D eigenvalue weighted by Crippen LogP contribution is -2.75. The van der Waals surface area contributed by atoms with Crippen molar-refractivity contribution in [2.45, 2.75) is 66.0 Å². The van der Waals surface area contributed by atoms with Crippen LogP contribution in [-0.2, 0) is 19.6 Å². The minimum atomic E-state index is -9.28. The van der Waals surface area contributed by atoms with Gasteiger partial charge in [0.25, 0.3) is 10.0 Å². The summed E-state index contributed by atoms with van der Waals surface area (Å²) in [6.07, 6.45) is -14.9. The first kappa shape index (κ1) is 39.6. The normalized spacial score (nSPS) is 16.1. The summed E-state index contributed by atoms with van der Waals surface area (Å²) < 4.78 is 303. The molecule has 0 radical (unpaired) electrons. The van der Waals surface area contributed by atoms with Gasteiger partial charge in [-0.15, -0.1) is 4.31 Å². The highest BCUT2D eigenvalue weighted by molar-refractivity contribution is 7.90. The topological polar surface area (TPSA) is 63.7 Å². The third kappa shape index (κ3) is 5.09. The van der Waals surface area contributed by atoms with Crippen LogP contribution in [-0.4, -0.2) is 84.9 Å². The first-order chi connectivity index (χ1) is 17.7. The molecule has 0 N–H and O–H groups in total. The molecule has 0 atom stereocenters. The fourth-order valence-electron chi connectivity index (χ4n) is 2.08. The zero-order chi connectivity index (χ0) is 34.9. The lowest BCUT2D eigenvalue weighted by molar-refractivity contribution is -0.458. The first-order valence-corrected chi connectivity index (χ1v) is 10.5. The highest BCUT2D eigenvalue weighted by Gasteiger charge is 2.96. The van der Waals surface area contributed by atoms with Crippen LogP contribution < -0.4 is 0 Å². The molecule has 0 bridgehead atoms. The molecule has 250 valence electrons. The summed E-state index contributed by atoms with van der Waals surface area (Å²) in [4.78, 5) is 11.0. The average molecular weight is 697 g/mol. The summed E-state index contributed by atoms with van der Waals surface area (Å²) in [5, 5.41) is -8.56. The summed E-state index contributed by atoms with van der Waals surface area (Å²) >= 11 is 0. The van der Waals surface area contributed by atoms with Crippen molar-refractivity contribution < 1.29 is 110 Å². The van der Waals surface area contributed by atoms with E-state index in [1.807, 2.05) is 0 Å². The summed E-state index contributed by atoms with van der Waals surface area (Å²) in [6.45, 7) is 2.93. The highest BCUT2D eigenvalue weighted by Crippen LogP contribution is 2.64. The second-order valence-corrected chi connectivity index (χ2v) is 9.67. The smallest absolute Gasteiger partial charge is 0.392 e. The SMILES string of the molecule is C=C(C)C(=O)OC(F)(F)C(F)(F)N(C)S(=O)(=O)C(F)(F)C(F)(F)C(F)(F)C(F)(F)C(F)(F)C(F)(F)C(F)(F)C(F)(F)F. The van der Waals surface area contributed by atoms with Crippen molar-refractivity contribution in [1.29, 1.82) is 0 Å². The van der Waals surface area contributed by atoms with Crippen LogP contribution in [0.4, 0.5) is 92.2 Å². The molecule has 0 aromatic heterocycles. The van der Waals surface area contributed by atoms with E-state index in [2.05, 4.69) is 11.3 Å². The van der Waals surface area contributed by atoms with Crippen molar-refractivity contribution in [3.05, 3.63) is 12.2 Å². The molecule has 0 aliphatic carbocycles. The molecule has 0 aromatic carbocycles. The van der Waals surface area contributed by atoms with Gasteiger partial charge in [0, 0.05) is 12.6 Å². The molecular weight excluding hydrogens is 689 g/mol. The van der Waals surface area contributed by atoms with Crippen LogP contribution >= 0.6 is 0 Å². The van der Waals surface area contributed by atoms with Gasteiger partial charge in [0.2, 0.25) is 0 Å². The number of ether oxygens (including phenoxy) is 1. The number of carbonyl (C=O) groups is 1. The Kier molecular flexibility index (Phi) is 9.54. The number of likely N-dealkylation sites (N-methyl/N-ethyl adjacent to an activating group) is 1. The van der Waals surface area contributed by atoms with E-state index in [1.54, 1.807) is 0 Å². The fourth-order valence-corrected chi connectivity index (χ4v) is 3.29. The maximum Gasteiger partial charge on any atom is 0.483 e. The lowest BCUT2D eigenvalue weighted by atomic mass is 9.91. The number of halogens is 21. The Bertz CT molecular complexity index is 1170. The molecule has 0 amide bonds. The van der Waals surface area contributed by atoms with Gasteiger partial charge in [-0.25, -0.2) is 13.2 Å². The quantitative estimate of drug-likeness (QED) is 0.101. The Labute approximate surface area is 216 Å². The van der Waals surface area contributed by atoms with Crippen LogP contribution in [0.2, 0.25) is 0 Å². The molecule has 0 rings (SSSR count). The van der Waals surface area contributed by atoms with Gasteiger partial charge in [0.1, 0.15) is 0 Å². The Morgan fingerprint density at radius 2 is 0.881 bits per heavy atom. The molecule has 0 heterocycles. The molecule has 0 unspecified atom stereocenters. The van der Waals surface area contributed by atoms with Crippen LogP contribution in [0.5, 0.6) is 0 Å². The average Bonchev–Trinajstić information content (AvgIpc) is 2.75. The van der Waals surface area contributed by atoms with Gasteiger partial charge < -0.3 is 4.74 Å². The van der Waals surface area contributed by atoms with E-state index in [4.69, 9.17) is 0 Å². The summed E-state index contributed by atoms with van der Waals surface area (Å²) in [5.41, 5.74) is -1.25. The van der Waals surface area contributed by atoms with E-state index < -0.39 is 92.0 Å². The molecular formula is C15H8F21NO4S. The molecule has 0 saturated carbocycles. The number of hydrogen-bond acceptors (Lipinski definition) is 4. The molecule has 0 spiro atoms. The van der Waals surface area contributed by atoms with Gasteiger partial charge in [-0.2, -0.15) is 92.2 Å². The van der Waals surface area contributed by atoms with E-state index in [1.165, 1.54) is 0 Å². The van der Waals surface area contributed by atoms with Gasteiger partial charge in [-0.1, -0.05) is 6.58 Å². The number of hydrogen-bond donors (Lipinski definition) is 0. The minimum absolute atomic E-state index is 0.415. The third-order valence-corrected chi connectivity index (χ3v) is 6.55. The van der Waals surface area contributed by atoms with E-state index >= 15 is 0 Å². The predicted molar refractivity (Wildman–Crippen MR) is 88.2 cm³/mol. The summed E-state index contributed by atoms with van der Waals surface area (Å²) in [6, 6.07) is -7.13. The number of nitrogens with zero attached hydrogens (tertiary/aromatic N) is 1.